The fourth-order valence-corrected chi connectivity index (χ4v) is 4.02. The molecule has 13 heteroatoms. The van der Waals surface area contributed by atoms with Crippen molar-refractivity contribution in [2.45, 2.75) is 19.1 Å². The number of aromatic nitrogens is 2. The number of hydrogen-bond acceptors (Lipinski definition) is 6. The molecule has 1 fully saturated rings. The Balaban J connectivity index is 1.28. The van der Waals surface area contributed by atoms with Gasteiger partial charge < -0.3 is 25.3 Å². The number of hydrogen-bond donors (Lipinski definition) is 3. The zero-order valence-electron chi connectivity index (χ0n) is 20.9. The first-order valence-electron chi connectivity index (χ1n) is 12.2. The second kappa shape index (κ2) is 12.2. The van der Waals surface area contributed by atoms with Crippen molar-refractivity contribution in [1.29, 1.82) is 0 Å². The lowest BCUT2D eigenvalue weighted by molar-refractivity contribution is -0.134. The quantitative estimate of drug-likeness (QED) is 0.289. The number of piperazine rings is 1. The van der Waals surface area contributed by atoms with Crippen LogP contribution in [0.2, 0.25) is 0 Å². The lowest BCUT2D eigenvalue weighted by atomic mass is 10.1. The number of pyridine rings is 1. The SMILES string of the molecule is CN1CCN(C(=O)CCONCc2ccn3c(-c4cccc(NC(=O)NCC(F)(F)F)c4)cnc3c2)CC1. The van der Waals surface area contributed by atoms with E-state index in [0.717, 1.165) is 43.0 Å². The minimum atomic E-state index is -4.49. The monoisotopic (exact) mass is 533 g/mol. The minimum absolute atomic E-state index is 0.0902. The molecule has 4 rings (SSSR count). The first-order valence-corrected chi connectivity index (χ1v) is 12.2. The van der Waals surface area contributed by atoms with E-state index in [2.05, 4.69) is 20.7 Å². The molecule has 1 aliphatic rings. The molecule has 1 aromatic carbocycles. The average Bonchev–Trinajstić information content (AvgIpc) is 3.31. The second-order valence-corrected chi connectivity index (χ2v) is 9.01. The number of likely N-dealkylation sites (N-methyl/N-ethyl adjacent to an activating group) is 1. The van der Waals surface area contributed by atoms with Gasteiger partial charge in [0, 0.05) is 50.2 Å². The Morgan fingerprint density at radius 3 is 2.66 bits per heavy atom. The number of hydroxylamine groups is 1. The lowest BCUT2D eigenvalue weighted by Crippen LogP contribution is -2.47. The molecule has 2 aromatic heterocycles. The Morgan fingerprint density at radius 1 is 1.11 bits per heavy atom. The summed E-state index contributed by atoms with van der Waals surface area (Å²) >= 11 is 0. The average molecular weight is 534 g/mol. The van der Waals surface area contributed by atoms with Crippen LogP contribution in [0.1, 0.15) is 12.0 Å². The molecule has 3 amide bonds. The van der Waals surface area contributed by atoms with E-state index in [9.17, 15) is 22.8 Å². The highest BCUT2D eigenvalue weighted by atomic mass is 19.4. The van der Waals surface area contributed by atoms with Crippen LogP contribution in [-0.2, 0) is 16.2 Å². The topological polar surface area (TPSA) is 103 Å². The normalized spacial score (nSPS) is 14.6. The molecule has 0 spiro atoms. The molecule has 0 saturated carbocycles. The number of nitrogens with one attached hydrogen (secondary N) is 3. The van der Waals surface area contributed by atoms with Crippen molar-refractivity contribution in [3.8, 4) is 11.3 Å². The predicted octanol–water partition coefficient (Wildman–Crippen LogP) is 2.87. The maximum absolute atomic E-state index is 12.3. The summed E-state index contributed by atoms with van der Waals surface area (Å²) in [6.45, 7) is 2.54. The van der Waals surface area contributed by atoms with E-state index in [-0.39, 0.29) is 12.5 Å². The summed E-state index contributed by atoms with van der Waals surface area (Å²) in [4.78, 5) is 38.0. The van der Waals surface area contributed by atoms with E-state index in [1.807, 2.05) is 40.7 Å². The molecular weight excluding hydrogens is 503 g/mol. The Hall–Kier alpha value is -3.68. The van der Waals surface area contributed by atoms with Crippen molar-refractivity contribution in [2.75, 3.05) is 51.7 Å². The van der Waals surface area contributed by atoms with E-state index < -0.39 is 18.8 Å². The van der Waals surface area contributed by atoms with Gasteiger partial charge in [-0.1, -0.05) is 12.1 Å². The number of nitrogens with zero attached hydrogens (tertiary/aromatic N) is 4. The van der Waals surface area contributed by atoms with Gasteiger partial charge in [0.2, 0.25) is 5.91 Å². The van der Waals surface area contributed by atoms with Gasteiger partial charge in [-0.05, 0) is 36.9 Å². The molecule has 204 valence electrons. The highest BCUT2D eigenvalue weighted by Crippen LogP contribution is 2.24. The van der Waals surface area contributed by atoms with Crippen molar-refractivity contribution in [2.24, 2.45) is 0 Å². The van der Waals surface area contributed by atoms with Gasteiger partial charge in [-0.25, -0.2) is 9.78 Å². The van der Waals surface area contributed by atoms with Crippen LogP contribution >= 0.6 is 0 Å². The number of alkyl halides is 3. The van der Waals surface area contributed by atoms with Gasteiger partial charge in [-0.15, -0.1) is 0 Å². The minimum Gasteiger partial charge on any atom is -0.340 e. The summed E-state index contributed by atoms with van der Waals surface area (Å²) < 4.78 is 38.8. The number of rotatable bonds is 9. The van der Waals surface area contributed by atoms with Gasteiger partial charge in [-0.2, -0.15) is 18.7 Å². The molecule has 0 aliphatic carbocycles. The van der Waals surface area contributed by atoms with Crippen LogP contribution in [-0.4, -0.2) is 83.7 Å². The number of carbonyl (C=O) groups excluding carboxylic acids is 2. The molecule has 3 heterocycles. The van der Waals surface area contributed by atoms with Gasteiger partial charge in [0.15, 0.2) is 0 Å². The molecule has 0 radical (unpaired) electrons. The second-order valence-electron chi connectivity index (χ2n) is 9.01. The van der Waals surface area contributed by atoms with Crippen LogP contribution in [0.5, 0.6) is 0 Å². The largest absolute Gasteiger partial charge is 0.405 e. The van der Waals surface area contributed by atoms with Gasteiger partial charge in [0.05, 0.1) is 24.9 Å². The molecule has 0 atom stereocenters. The number of benzene rings is 1. The zero-order chi connectivity index (χ0) is 27.1. The number of carbonyl (C=O) groups is 2. The Bertz CT molecular complexity index is 1260. The van der Waals surface area contributed by atoms with Crippen molar-refractivity contribution in [3.05, 3.63) is 54.4 Å². The summed E-state index contributed by atoms with van der Waals surface area (Å²) in [5.74, 6) is 0.0902. The van der Waals surface area contributed by atoms with Crippen LogP contribution in [0.4, 0.5) is 23.7 Å². The molecular formula is C25H30F3N7O3. The van der Waals surface area contributed by atoms with Crippen LogP contribution in [0.25, 0.3) is 16.9 Å². The van der Waals surface area contributed by atoms with E-state index in [1.165, 1.54) is 0 Å². The van der Waals surface area contributed by atoms with E-state index >= 15 is 0 Å². The molecule has 3 aromatic rings. The first kappa shape index (κ1) is 27.4. The maximum atomic E-state index is 12.3. The molecule has 0 bridgehead atoms. The van der Waals surface area contributed by atoms with Crippen LogP contribution in [0, 0.1) is 0 Å². The zero-order valence-corrected chi connectivity index (χ0v) is 20.9. The Kier molecular flexibility index (Phi) is 8.81. The number of amides is 3. The standard InChI is InChI=1S/C25H30F3N7O3/c1-33-8-10-34(11-9-33)23(36)6-12-38-31-15-18-5-7-35-21(16-29-22(35)13-18)19-3-2-4-20(14-19)32-24(37)30-17-25(26,27)28/h2-5,7,13-14,16,31H,6,8-12,15,17H2,1H3,(H2,30,32,37). The molecule has 1 aliphatic heterocycles. The summed E-state index contributed by atoms with van der Waals surface area (Å²) in [5, 5.41) is 4.19. The van der Waals surface area contributed by atoms with Crippen molar-refractivity contribution >= 4 is 23.3 Å². The van der Waals surface area contributed by atoms with E-state index in [4.69, 9.17) is 4.84 Å². The van der Waals surface area contributed by atoms with Crippen molar-refractivity contribution in [3.63, 3.8) is 0 Å². The molecule has 38 heavy (non-hydrogen) atoms. The van der Waals surface area contributed by atoms with E-state index in [0.29, 0.717) is 24.3 Å². The number of urea groups is 1. The van der Waals surface area contributed by atoms with Crippen LogP contribution in [0.15, 0.2) is 48.8 Å². The summed E-state index contributed by atoms with van der Waals surface area (Å²) in [7, 11) is 2.04. The van der Waals surface area contributed by atoms with Gasteiger partial charge >= 0.3 is 12.2 Å². The summed E-state index contributed by atoms with van der Waals surface area (Å²) in [5.41, 5.74) is 6.32. The number of anilines is 1. The highest BCUT2D eigenvalue weighted by molar-refractivity contribution is 5.90. The Morgan fingerprint density at radius 2 is 1.89 bits per heavy atom. The molecule has 0 unspecified atom stereocenters. The van der Waals surface area contributed by atoms with Crippen molar-refractivity contribution in [1.82, 2.24) is 30.0 Å². The maximum Gasteiger partial charge on any atom is 0.405 e. The van der Waals surface area contributed by atoms with Gasteiger partial charge in [0.1, 0.15) is 12.2 Å². The predicted molar refractivity (Wildman–Crippen MR) is 135 cm³/mol. The third kappa shape index (κ3) is 7.66. The Labute approximate surface area is 217 Å². The van der Waals surface area contributed by atoms with E-state index in [1.54, 1.807) is 29.7 Å². The number of imidazole rings is 1. The number of halogens is 3. The fraction of sp³-hybridized carbons (Fsp3) is 0.400. The third-order valence-corrected chi connectivity index (χ3v) is 6.10. The first-order chi connectivity index (χ1) is 18.2. The summed E-state index contributed by atoms with van der Waals surface area (Å²) in [6.07, 6.45) is -0.644. The highest BCUT2D eigenvalue weighted by Gasteiger charge is 2.27. The van der Waals surface area contributed by atoms with Crippen LogP contribution in [0.3, 0.4) is 0 Å². The molecule has 10 nitrogen and oxygen atoms in total. The van der Waals surface area contributed by atoms with Gasteiger partial charge in [0.25, 0.3) is 0 Å². The third-order valence-electron chi connectivity index (χ3n) is 6.10. The smallest absolute Gasteiger partial charge is 0.340 e. The summed E-state index contributed by atoms with van der Waals surface area (Å²) in [6, 6.07) is 9.60. The van der Waals surface area contributed by atoms with Crippen molar-refractivity contribution < 1.29 is 27.6 Å². The van der Waals surface area contributed by atoms with Gasteiger partial charge in [-0.3, -0.25) is 9.20 Å². The molecule has 1 saturated heterocycles. The van der Waals surface area contributed by atoms with Crippen LogP contribution < -0.4 is 16.1 Å². The number of fused-ring (bicyclic) bond motifs is 1. The molecule has 3 N–H and O–H groups in total. The lowest BCUT2D eigenvalue weighted by Gasteiger charge is -2.32. The fourth-order valence-electron chi connectivity index (χ4n) is 4.02.